The predicted octanol–water partition coefficient (Wildman–Crippen LogP) is 1.11. The van der Waals surface area contributed by atoms with Crippen molar-refractivity contribution in [1.82, 2.24) is 10.6 Å². The molecule has 0 aliphatic carbocycles. The number of urea groups is 1. The summed E-state index contributed by atoms with van der Waals surface area (Å²) in [5.41, 5.74) is -1.17. The molecule has 1 rings (SSSR count). The molecule has 0 aromatic rings. The molecule has 3 N–H and O–H groups in total. The summed E-state index contributed by atoms with van der Waals surface area (Å²) in [6, 6.07) is -0.341. The molecule has 1 heterocycles. The third-order valence-corrected chi connectivity index (χ3v) is 3.53. The third-order valence-electron chi connectivity index (χ3n) is 3.53. The van der Waals surface area contributed by atoms with Gasteiger partial charge in [0.25, 0.3) is 0 Å². The van der Waals surface area contributed by atoms with E-state index < -0.39 is 17.5 Å². The third kappa shape index (κ3) is 3.60. The van der Waals surface area contributed by atoms with Gasteiger partial charge in [-0.25, -0.2) is 9.59 Å². The summed E-state index contributed by atoms with van der Waals surface area (Å²) in [5, 5.41) is 14.6. The standard InChI is InChI=1S/C12H22N2O4/c1-3-12(4-2,10(15)16)14-11(17)13-9-5-7-18-8-6-9/h9H,3-8H2,1-2H3,(H,15,16)(H2,13,14,17). The fourth-order valence-corrected chi connectivity index (χ4v) is 2.06. The molecule has 0 atom stereocenters. The van der Waals surface area contributed by atoms with Crippen molar-refractivity contribution in [3.05, 3.63) is 0 Å². The van der Waals surface area contributed by atoms with E-state index in [0.29, 0.717) is 26.1 Å². The summed E-state index contributed by atoms with van der Waals surface area (Å²) in [5.74, 6) is -0.991. The molecule has 6 heteroatoms. The Bertz CT molecular complexity index is 296. The van der Waals surface area contributed by atoms with Crippen LogP contribution in [0.25, 0.3) is 0 Å². The van der Waals surface area contributed by atoms with Crippen molar-refractivity contribution in [2.45, 2.75) is 51.1 Å². The largest absolute Gasteiger partial charge is 0.480 e. The highest BCUT2D eigenvalue weighted by atomic mass is 16.5. The van der Waals surface area contributed by atoms with E-state index in [1.165, 1.54) is 0 Å². The zero-order valence-electron chi connectivity index (χ0n) is 11.0. The van der Waals surface area contributed by atoms with Crippen molar-refractivity contribution < 1.29 is 19.4 Å². The van der Waals surface area contributed by atoms with Gasteiger partial charge in [-0.1, -0.05) is 13.8 Å². The summed E-state index contributed by atoms with van der Waals surface area (Å²) in [4.78, 5) is 23.1. The first-order valence-corrected chi connectivity index (χ1v) is 6.44. The molecule has 1 aliphatic rings. The number of carbonyl (C=O) groups excluding carboxylic acids is 1. The minimum absolute atomic E-state index is 0.0685. The molecule has 1 aliphatic heterocycles. The molecule has 0 saturated carbocycles. The second-order valence-electron chi connectivity index (χ2n) is 4.58. The smallest absolute Gasteiger partial charge is 0.329 e. The number of ether oxygens (including phenoxy) is 1. The van der Waals surface area contributed by atoms with Crippen LogP contribution in [0, 0.1) is 0 Å². The van der Waals surface area contributed by atoms with Crippen LogP contribution in [0.3, 0.4) is 0 Å². The molecule has 0 aromatic carbocycles. The molecule has 1 fully saturated rings. The van der Waals surface area contributed by atoms with Gasteiger partial charge in [0.15, 0.2) is 0 Å². The van der Waals surface area contributed by atoms with Crippen molar-refractivity contribution in [2.24, 2.45) is 0 Å². The Morgan fingerprint density at radius 2 is 1.83 bits per heavy atom. The first-order valence-electron chi connectivity index (χ1n) is 6.44. The Kier molecular flexibility index (Phi) is 5.40. The van der Waals surface area contributed by atoms with Gasteiger partial charge in [-0.15, -0.1) is 0 Å². The molecule has 0 unspecified atom stereocenters. The Labute approximate surface area is 107 Å². The lowest BCUT2D eigenvalue weighted by Crippen LogP contribution is -2.58. The zero-order valence-corrected chi connectivity index (χ0v) is 11.0. The molecule has 18 heavy (non-hydrogen) atoms. The van der Waals surface area contributed by atoms with Crippen LogP contribution in [0.15, 0.2) is 0 Å². The van der Waals surface area contributed by atoms with Crippen molar-refractivity contribution >= 4 is 12.0 Å². The topological polar surface area (TPSA) is 87.7 Å². The number of aliphatic carboxylic acids is 1. The second-order valence-corrected chi connectivity index (χ2v) is 4.58. The van der Waals surface area contributed by atoms with E-state index in [9.17, 15) is 14.7 Å². The second kappa shape index (κ2) is 6.58. The molecule has 0 radical (unpaired) electrons. The number of carboxylic acid groups (broad SMARTS) is 1. The van der Waals surface area contributed by atoms with E-state index in [0.717, 1.165) is 12.8 Å². The summed E-state index contributed by atoms with van der Waals surface area (Å²) in [7, 11) is 0. The molecule has 0 aromatic heterocycles. The lowest BCUT2D eigenvalue weighted by molar-refractivity contribution is -0.144. The van der Waals surface area contributed by atoms with Gasteiger partial charge < -0.3 is 20.5 Å². The van der Waals surface area contributed by atoms with Crippen LogP contribution >= 0.6 is 0 Å². The number of hydrogen-bond acceptors (Lipinski definition) is 3. The lowest BCUT2D eigenvalue weighted by Gasteiger charge is -2.30. The van der Waals surface area contributed by atoms with Crippen molar-refractivity contribution in [3.8, 4) is 0 Å². The Hall–Kier alpha value is -1.30. The van der Waals surface area contributed by atoms with E-state index in [-0.39, 0.29) is 6.04 Å². The number of rotatable bonds is 5. The average molecular weight is 258 g/mol. The summed E-state index contributed by atoms with van der Waals surface area (Å²) in [6.07, 6.45) is 2.26. The highest BCUT2D eigenvalue weighted by Crippen LogP contribution is 2.15. The summed E-state index contributed by atoms with van der Waals surface area (Å²) in [6.45, 7) is 4.78. The van der Waals surface area contributed by atoms with Crippen LogP contribution in [0.2, 0.25) is 0 Å². The number of carbonyl (C=O) groups is 2. The van der Waals surface area contributed by atoms with Crippen molar-refractivity contribution in [1.29, 1.82) is 0 Å². The van der Waals surface area contributed by atoms with Gasteiger partial charge >= 0.3 is 12.0 Å². The van der Waals surface area contributed by atoms with E-state index >= 15 is 0 Å². The normalized spacial score (nSPS) is 17.2. The minimum Gasteiger partial charge on any atom is -0.480 e. The van der Waals surface area contributed by atoms with Crippen LogP contribution in [-0.4, -0.2) is 41.9 Å². The van der Waals surface area contributed by atoms with Crippen LogP contribution in [0.4, 0.5) is 4.79 Å². The maximum absolute atomic E-state index is 11.8. The Morgan fingerprint density at radius 3 is 2.28 bits per heavy atom. The molecule has 2 amide bonds. The Morgan fingerprint density at radius 1 is 1.28 bits per heavy atom. The van der Waals surface area contributed by atoms with Gasteiger partial charge in [0, 0.05) is 19.3 Å². The molecule has 104 valence electrons. The first kappa shape index (κ1) is 14.8. The zero-order chi connectivity index (χ0) is 13.6. The van der Waals surface area contributed by atoms with Crippen LogP contribution in [0.5, 0.6) is 0 Å². The quantitative estimate of drug-likeness (QED) is 0.689. The number of nitrogens with one attached hydrogen (secondary N) is 2. The van der Waals surface area contributed by atoms with E-state index in [4.69, 9.17) is 4.74 Å². The molecule has 1 saturated heterocycles. The van der Waals surface area contributed by atoms with Gasteiger partial charge in [0.05, 0.1) is 0 Å². The average Bonchev–Trinajstić information content (AvgIpc) is 2.37. The van der Waals surface area contributed by atoms with Gasteiger partial charge in [0.2, 0.25) is 0 Å². The summed E-state index contributed by atoms with van der Waals surface area (Å²) < 4.78 is 5.20. The highest BCUT2D eigenvalue weighted by molar-refractivity contribution is 5.86. The van der Waals surface area contributed by atoms with Crippen molar-refractivity contribution in [2.75, 3.05) is 13.2 Å². The monoisotopic (exact) mass is 258 g/mol. The number of hydrogen-bond donors (Lipinski definition) is 3. The lowest BCUT2D eigenvalue weighted by atomic mass is 9.93. The molecular weight excluding hydrogens is 236 g/mol. The van der Waals surface area contributed by atoms with Gasteiger partial charge in [-0.2, -0.15) is 0 Å². The van der Waals surface area contributed by atoms with E-state index in [2.05, 4.69) is 10.6 Å². The Balaban J connectivity index is 2.53. The van der Waals surface area contributed by atoms with Crippen LogP contribution in [0.1, 0.15) is 39.5 Å². The van der Waals surface area contributed by atoms with Crippen LogP contribution in [-0.2, 0) is 9.53 Å². The number of amides is 2. The fraction of sp³-hybridized carbons (Fsp3) is 0.833. The first-order chi connectivity index (χ1) is 8.54. The number of carboxylic acids is 1. The predicted molar refractivity (Wildman–Crippen MR) is 66.5 cm³/mol. The van der Waals surface area contributed by atoms with Gasteiger partial charge in [0.1, 0.15) is 5.54 Å². The van der Waals surface area contributed by atoms with Crippen LogP contribution < -0.4 is 10.6 Å². The van der Waals surface area contributed by atoms with Crippen molar-refractivity contribution in [3.63, 3.8) is 0 Å². The maximum Gasteiger partial charge on any atom is 0.329 e. The SMILES string of the molecule is CCC(CC)(NC(=O)NC1CCOCC1)C(=O)O. The van der Waals surface area contributed by atoms with E-state index in [1.54, 1.807) is 13.8 Å². The molecule has 0 bridgehead atoms. The van der Waals surface area contributed by atoms with Gasteiger partial charge in [-0.3, -0.25) is 0 Å². The fourth-order valence-electron chi connectivity index (χ4n) is 2.06. The molecular formula is C12H22N2O4. The maximum atomic E-state index is 11.8. The van der Waals surface area contributed by atoms with E-state index in [1.807, 2.05) is 0 Å². The molecule has 6 nitrogen and oxygen atoms in total. The highest BCUT2D eigenvalue weighted by Gasteiger charge is 2.36. The van der Waals surface area contributed by atoms with Gasteiger partial charge in [-0.05, 0) is 25.7 Å². The molecule has 0 spiro atoms. The minimum atomic E-state index is -1.17. The summed E-state index contributed by atoms with van der Waals surface area (Å²) >= 11 is 0.